The zero-order valence-electron chi connectivity index (χ0n) is 15.3. The molecule has 0 spiro atoms. The van der Waals surface area contributed by atoms with Gasteiger partial charge in [-0.05, 0) is 41.8 Å². The number of hydrogen-bond donors (Lipinski definition) is 0. The number of hydrogen-bond acceptors (Lipinski definition) is 6. The molecular formula is C21H22O5S. The van der Waals surface area contributed by atoms with Crippen molar-refractivity contribution in [2.24, 2.45) is 0 Å². The van der Waals surface area contributed by atoms with Crippen LogP contribution in [-0.2, 0) is 20.7 Å². The average Bonchev–Trinajstić information content (AvgIpc) is 3.00. The zero-order chi connectivity index (χ0) is 19.2. The van der Waals surface area contributed by atoms with Gasteiger partial charge in [0.25, 0.3) is 0 Å². The first kappa shape index (κ1) is 19.5. The molecule has 6 heteroatoms. The predicted molar refractivity (Wildman–Crippen MR) is 104 cm³/mol. The highest BCUT2D eigenvalue weighted by Gasteiger charge is 2.31. The lowest BCUT2D eigenvalue weighted by molar-refractivity contribution is -0.121. The summed E-state index contributed by atoms with van der Waals surface area (Å²) in [6, 6.07) is 15.3. The number of carbonyl (C=O) groups is 2. The van der Waals surface area contributed by atoms with E-state index in [0.29, 0.717) is 13.0 Å². The fourth-order valence-corrected chi connectivity index (χ4v) is 3.96. The van der Waals surface area contributed by atoms with E-state index in [1.54, 1.807) is 14.2 Å². The van der Waals surface area contributed by atoms with Gasteiger partial charge < -0.3 is 14.2 Å². The Balaban J connectivity index is 1.57. The highest BCUT2D eigenvalue weighted by molar-refractivity contribution is 8.15. The smallest absolute Gasteiger partial charge is 0.197 e. The van der Waals surface area contributed by atoms with E-state index in [9.17, 15) is 9.59 Å². The minimum absolute atomic E-state index is 0.0200. The van der Waals surface area contributed by atoms with Crippen LogP contribution < -0.4 is 9.47 Å². The molecule has 1 heterocycles. The molecule has 1 fully saturated rings. The minimum atomic E-state index is -0.254. The summed E-state index contributed by atoms with van der Waals surface area (Å²) in [5.41, 5.74) is 1.99. The Kier molecular flexibility index (Phi) is 6.53. The summed E-state index contributed by atoms with van der Waals surface area (Å²) in [5.74, 6) is 1.52. The maximum absolute atomic E-state index is 11.8. The van der Waals surface area contributed by atoms with Crippen LogP contribution in [0.1, 0.15) is 23.7 Å². The van der Waals surface area contributed by atoms with E-state index >= 15 is 0 Å². The van der Waals surface area contributed by atoms with Gasteiger partial charge in [-0.25, -0.2) is 0 Å². The van der Waals surface area contributed by atoms with Crippen LogP contribution in [0.3, 0.4) is 0 Å². The third-order valence-electron chi connectivity index (χ3n) is 4.45. The molecule has 27 heavy (non-hydrogen) atoms. The zero-order valence-corrected chi connectivity index (χ0v) is 16.2. The summed E-state index contributed by atoms with van der Waals surface area (Å²) < 4.78 is 16.6. The van der Waals surface area contributed by atoms with Crippen molar-refractivity contribution >= 4 is 22.7 Å². The third-order valence-corrected chi connectivity index (χ3v) is 5.57. The standard InChI is InChI=1S/C21H22O5S/c1-24-17-5-3-4-15(11-17)19(25-2)13-26-16-8-6-14(7-9-16)10-20-18(22)12-21(23)27-20/h3-9,11,19-20H,10,12-13H2,1-2H3. The van der Waals surface area contributed by atoms with E-state index in [1.165, 1.54) is 0 Å². The van der Waals surface area contributed by atoms with Crippen LogP contribution in [0.15, 0.2) is 48.5 Å². The lowest BCUT2D eigenvalue weighted by Crippen LogP contribution is -2.14. The number of methoxy groups -OCH3 is 2. The second kappa shape index (κ2) is 9.06. The fraction of sp³-hybridized carbons (Fsp3) is 0.333. The van der Waals surface area contributed by atoms with Crippen molar-refractivity contribution in [3.05, 3.63) is 59.7 Å². The quantitative estimate of drug-likeness (QED) is 0.646. The molecule has 2 atom stereocenters. The average molecular weight is 386 g/mol. The Morgan fingerprint density at radius 1 is 1.07 bits per heavy atom. The van der Waals surface area contributed by atoms with Crippen molar-refractivity contribution < 1.29 is 23.8 Å². The maximum atomic E-state index is 11.8. The van der Waals surface area contributed by atoms with Crippen LogP contribution in [0, 0.1) is 0 Å². The molecule has 1 saturated heterocycles. The molecule has 1 aliphatic heterocycles. The Labute approximate surface area is 163 Å². The molecule has 5 nitrogen and oxygen atoms in total. The number of carbonyl (C=O) groups excluding carboxylic acids is 2. The molecular weight excluding hydrogens is 364 g/mol. The predicted octanol–water partition coefficient (Wildman–Crippen LogP) is 3.61. The van der Waals surface area contributed by atoms with Crippen LogP contribution in [0.2, 0.25) is 0 Å². The van der Waals surface area contributed by atoms with Crippen molar-refractivity contribution in [1.29, 1.82) is 0 Å². The van der Waals surface area contributed by atoms with Crippen LogP contribution in [0.5, 0.6) is 11.5 Å². The van der Waals surface area contributed by atoms with Crippen LogP contribution >= 0.6 is 11.8 Å². The Bertz CT molecular complexity index is 802. The maximum Gasteiger partial charge on any atom is 0.197 e. The third kappa shape index (κ3) is 5.11. The molecule has 142 valence electrons. The van der Waals surface area contributed by atoms with Gasteiger partial charge in [0.1, 0.15) is 24.2 Å². The Morgan fingerprint density at radius 3 is 2.48 bits per heavy atom. The SMILES string of the molecule is COc1cccc(C(COc2ccc(CC3SC(=O)CC3=O)cc2)OC)c1. The second-order valence-electron chi connectivity index (χ2n) is 6.28. The molecule has 2 aromatic rings. The molecule has 2 aromatic carbocycles. The van der Waals surface area contributed by atoms with Crippen LogP contribution in [0.25, 0.3) is 0 Å². The first-order valence-electron chi connectivity index (χ1n) is 8.69. The fourth-order valence-electron chi connectivity index (χ4n) is 2.93. The molecule has 0 aromatic heterocycles. The van der Waals surface area contributed by atoms with Crippen LogP contribution in [0.4, 0.5) is 0 Å². The number of benzene rings is 2. The molecule has 0 bridgehead atoms. The topological polar surface area (TPSA) is 61.8 Å². The number of thioether (sulfide) groups is 1. The van der Waals surface area contributed by atoms with Crippen molar-refractivity contribution in [1.82, 2.24) is 0 Å². The van der Waals surface area contributed by atoms with Gasteiger partial charge in [0, 0.05) is 7.11 Å². The highest BCUT2D eigenvalue weighted by atomic mass is 32.2. The number of rotatable bonds is 8. The first-order valence-corrected chi connectivity index (χ1v) is 9.57. The van der Waals surface area contributed by atoms with Gasteiger partial charge in [0.05, 0.1) is 18.8 Å². The summed E-state index contributed by atoms with van der Waals surface area (Å²) in [5, 5.41) is -0.289. The molecule has 0 aliphatic carbocycles. The number of Topliss-reactive ketones (excluding diaryl/α,β-unsaturated/α-hetero) is 1. The van der Waals surface area contributed by atoms with Crippen molar-refractivity contribution in [2.75, 3.05) is 20.8 Å². The lowest BCUT2D eigenvalue weighted by Gasteiger charge is -2.17. The monoisotopic (exact) mass is 386 g/mol. The lowest BCUT2D eigenvalue weighted by atomic mass is 10.1. The Hall–Kier alpha value is -2.31. The summed E-state index contributed by atoms with van der Waals surface area (Å²) in [6.45, 7) is 0.370. The van der Waals surface area contributed by atoms with Crippen LogP contribution in [-0.4, -0.2) is 37.0 Å². The molecule has 0 radical (unpaired) electrons. The first-order chi connectivity index (χ1) is 13.1. The van der Waals surface area contributed by atoms with Crippen molar-refractivity contribution in [3.63, 3.8) is 0 Å². The van der Waals surface area contributed by atoms with E-state index in [-0.39, 0.29) is 28.7 Å². The number of ether oxygens (including phenoxy) is 3. The van der Waals surface area contributed by atoms with E-state index in [2.05, 4.69) is 0 Å². The van der Waals surface area contributed by atoms with Crippen molar-refractivity contribution in [2.45, 2.75) is 24.2 Å². The molecule has 3 rings (SSSR count). The molecule has 2 unspecified atom stereocenters. The second-order valence-corrected chi connectivity index (χ2v) is 7.54. The van der Waals surface area contributed by atoms with Gasteiger partial charge in [0.2, 0.25) is 0 Å². The highest BCUT2D eigenvalue weighted by Crippen LogP contribution is 2.28. The largest absolute Gasteiger partial charge is 0.497 e. The molecule has 0 amide bonds. The summed E-state index contributed by atoms with van der Waals surface area (Å²) >= 11 is 1.14. The van der Waals surface area contributed by atoms with Gasteiger partial charge >= 0.3 is 0 Å². The van der Waals surface area contributed by atoms with Gasteiger partial charge in [-0.3, -0.25) is 9.59 Å². The van der Waals surface area contributed by atoms with Gasteiger partial charge in [-0.15, -0.1) is 0 Å². The Morgan fingerprint density at radius 2 is 1.85 bits per heavy atom. The molecule has 0 N–H and O–H groups in total. The van der Waals surface area contributed by atoms with Gasteiger partial charge in [-0.2, -0.15) is 0 Å². The van der Waals surface area contributed by atoms with Gasteiger partial charge in [-0.1, -0.05) is 36.0 Å². The van der Waals surface area contributed by atoms with E-state index < -0.39 is 0 Å². The molecule has 1 aliphatic rings. The van der Waals surface area contributed by atoms with E-state index in [4.69, 9.17) is 14.2 Å². The summed E-state index contributed by atoms with van der Waals surface area (Å²) in [7, 11) is 3.28. The summed E-state index contributed by atoms with van der Waals surface area (Å²) in [4.78, 5) is 23.1. The molecule has 0 saturated carbocycles. The normalized spacial score (nSPS) is 17.8. The van der Waals surface area contributed by atoms with Crippen molar-refractivity contribution in [3.8, 4) is 11.5 Å². The van der Waals surface area contributed by atoms with E-state index in [1.807, 2.05) is 48.5 Å². The number of ketones is 1. The van der Waals surface area contributed by atoms with Gasteiger partial charge in [0.15, 0.2) is 10.9 Å². The summed E-state index contributed by atoms with van der Waals surface area (Å²) in [6.07, 6.45) is 0.414. The van der Waals surface area contributed by atoms with E-state index in [0.717, 1.165) is 34.4 Å². The minimum Gasteiger partial charge on any atom is -0.497 e.